The van der Waals surface area contributed by atoms with E-state index in [1.165, 1.54) is 0 Å². The van der Waals surface area contributed by atoms with Gasteiger partial charge in [0.2, 0.25) is 0 Å². The van der Waals surface area contributed by atoms with Gasteiger partial charge in [-0.15, -0.1) is 0 Å². The molecular formula is C12H16N4O. The van der Waals surface area contributed by atoms with Crippen molar-refractivity contribution in [2.24, 2.45) is 0 Å². The quantitative estimate of drug-likeness (QED) is 0.811. The van der Waals surface area contributed by atoms with E-state index in [-0.39, 0.29) is 12.2 Å². The van der Waals surface area contributed by atoms with Crippen molar-refractivity contribution in [2.45, 2.75) is 26.1 Å². The minimum Gasteiger partial charge on any atom is -0.372 e. The first-order valence-electron chi connectivity index (χ1n) is 5.92. The van der Waals surface area contributed by atoms with Gasteiger partial charge in [-0.1, -0.05) is 0 Å². The van der Waals surface area contributed by atoms with E-state index < -0.39 is 0 Å². The smallest absolute Gasteiger partial charge is 0.158 e. The number of nitrogens with one attached hydrogen (secondary N) is 1. The van der Waals surface area contributed by atoms with Crippen molar-refractivity contribution in [3.63, 3.8) is 0 Å². The summed E-state index contributed by atoms with van der Waals surface area (Å²) in [5, 5.41) is 8.54. The predicted octanol–water partition coefficient (Wildman–Crippen LogP) is 1.57. The van der Waals surface area contributed by atoms with Crippen molar-refractivity contribution in [3.05, 3.63) is 18.5 Å². The van der Waals surface area contributed by atoms with Crippen LogP contribution in [0.15, 0.2) is 18.5 Å². The van der Waals surface area contributed by atoms with Gasteiger partial charge in [0, 0.05) is 24.7 Å². The van der Waals surface area contributed by atoms with Crippen molar-refractivity contribution in [3.8, 4) is 0 Å². The molecule has 90 valence electrons. The highest BCUT2D eigenvalue weighted by Crippen LogP contribution is 2.25. The molecule has 0 aliphatic carbocycles. The Morgan fingerprint density at radius 1 is 1.35 bits per heavy atom. The number of anilines is 1. The molecule has 0 bridgehead atoms. The molecule has 0 unspecified atom stereocenters. The number of morpholine rings is 1. The highest BCUT2D eigenvalue weighted by atomic mass is 16.5. The van der Waals surface area contributed by atoms with Crippen molar-refractivity contribution in [1.82, 2.24) is 15.2 Å². The standard InChI is InChI=1S/C12H16N4O/c1-8-6-16(7-9(2)17-8)12-10-3-4-13-5-11(10)14-15-12/h3-5,8-9H,6-7H2,1-2H3,(H,14,15)/t8-,9+. The molecule has 1 fully saturated rings. The van der Waals surface area contributed by atoms with Crippen molar-refractivity contribution < 1.29 is 4.74 Å². The number of rotatable bonds is 1. The van der Waals surface area contributed by atoms with E-state index in [9.17, 15) is 0 Å². The summed E-state index contributed by atoms with van der Waals surface area (Å²) in [5.41, 5.74) is 0.981. The molecule has 17 heavy (non-hydrogen) atoms. The van der Waals surface area contributed by atoms with Gasteiger partial charge >= 0.3 is 0 Å². The van der Waals surface area contributed by atoms with Crippen LogP contribution in [-0.4, -0.2) is 40.5 Å². The molecule has 5 nitrogen and oxygen atoms in total. The Bertz CT molecular complexity index is 514. The maximum Gasteiger partial charge on any atom is 0.158 e. The first-order valence-corrected chi connectivity index (χ1v) is 5.92. The number of nitrogens with zero attached hydrogens (tertiary/aromatic N) is 3. The zero-order chi connectivity index (χ0) is 11.8. The van der Waals surface area contributed by atoms with E-state index in [4.69, 9.17) is 4.74 Å². The molecule has 2 atom stereocenters. The highest BCUT2D eigenvalue weighted by Gasteiger charge is 2.24. The summed E-state index contributed by atoms with van der Waals surface area (Å²) in [4.78, 5) is 6.36. The van der Waals surface area contributed by atoms with E-state index in [2.05, 4.69) is 33.9 Å². The maximum absolute atomic E-state index is 5.73. The van der Waals surface area contributed by atoms with Crippen molar-refractivity contribution in [2.75, 3.05) is 18.0 Å². The number of fused-ring (bicyclic) bond motifs is 1. The topological polar surface area (TPSA) is 54.0 Å². The molecule has 1 N–H and O–H groups in total. The summed E-state index contributed by atoms with van der Waals surface area (Å²) in [5.74, 6) is 1.00. The minimum absolute atomic E-state index is 0.243. The Hall–Kier alpha value is -1.62. The molecule has 2 aromatic heterocycles. The number of aromatic nitrogens is 3. The van der Waals surface area contributed by atoms with Crippen LogP contribution in [0.2, 0.25) is 0 Å². The second-order valence-electron chi connectivity index (χ2n) is 4.63. The number of aromatic amines is 1. The van der Waals surface area contributed by atoms with E-state index in [1.807, 2.05) is 6.07 Å². The predicted molar refractivity (Wildman–Crippen MR) is 66.1 cm³/mol. The maximum atomic E-state index is 5.73. The average molecular weight is 232 g/mol. The Morgan fingerprint density at radius 2 is 2.12 bits per heavy atom. The minimum atomic E-state index is 0.243. The normalized spacial score (nSPS) is 25.4. The fourth-order valence-electron chi connectivity index (χ4n) is 2.44. The summed E-state index contributed by atoms with van der Waals surface area (Å²) in [6.45, 7) is 5.96. The Labute approximate surface area is 99.8 Å². The third-order valence-electron chi connectivity index (χ3n) is 3.06. The van der Waals surface area contributed by atoms with E-state index in [0.29, 0.717) is 0 Å². The summed E-state index contributed by atoms with van der Waals surface area (Å²) < 4.78 is 5.73. The number of hydrogen-bond acceptors (Lipinski definition) is 4. The van der Waals surface area contributed by atoms with Crippen molar-refractivity contribution >= 4 is 16.7 Å². The van der Waals surface area contributed by atoms with Crippen LogP contribution in [-0.2, 0) is 4.74 Å². The molecule has 5 heteroatoms. The van der Waals surface area contributed by atoms with Gasteiger partial charge < -0.3 is 9.64 Å². The van der Waals surface area contributed by atoms with Crippen LogP contribution in [0.4, 0.5) is 5.82 Å². The van der Waals surface area contributed by atoms with Crippen LogP contribution >= 0.6 is 0 Å². The molecule has 0 amide bonds. The van der Waals surface area contributed by atoms with Gasteiger partial charge in [-0.25, -0.2) is 0 Å². The fourth-order valence-corrected chi connectivity index (χ4v) is 2.44. The summed E-state index contributed by atoms with van der Waals surface area (Å²) in [6, 6.07) is 2.00. The summed E-state index contributed by atoms with van der Waals surface area (Å²) >= 11 is 0. The third kappa shape index (κ3) is 1.86. The van der Waals surface area contributed by atoms with Gasteiger partial charge in [0.1, 0.15) is 0 Å². The molecule has 0 spiro atoms. The Morgan fingerprint density at radius 3 is 2.88 bits per heavy atom. The van der Waals surface area contributed by atoms with Crippen molar-refractivity contribution in [1.29, 1.82) is 0 Å². The molecule has 1 aliphatic rings. The molecule has 0 saturated carbocycles. The zero-order valence-electron chi connectivity index (χ0n) is 10.1. The van der Waals surface area contributed by atoms with Gasteiger partial charge in [-0.2, -0.15) is 5.10 Å². The molecular weight excluding hydrogens is 216 g/mol. The van der Waals surface area contributed by atoms with Gasteiger partial charge in [0.15, 0.2) is 5.82 Å². The molecule has 1 aliphatic heterocycles. The van der Waals surface area contributed by atoms with E-state index in [1.54, 1.807) is 12.4 Å². The first-order chi connectivity index (χ1) is 8.24. The Balaban J connectivity index is 1.98. The first kappa shape index (κ1) is 10.5. The fraction of sp³-hybridized carbons (Fsp3) is 0.500. The zero-order valence-corrected chi connectivity index (χ0v) is 10.1. The lowest BCUT2D eigenvalue weighted by molar-refractivity contribution is -0.00537. The van der Waals surface area contributed by atoms with E-state index in [0.717, 1.165) is 29.8 Å². The molecule has 1 saturated heterocycles. The molecule has 0 aromatic carbocycles. The molecule has 2 aromatic rings. The average Bonchev–Trinajstić information content (AvgIpc) is 2.71. The molecule has 3 rings (SSSR count). The Kier molecular flexibility index (Phi) is 2.48. The van der Waals surface area contributed by atoms with Crippen LogP contribution in [0.3, 0.4) is 0 Å². The SMILES string of the molecule is C[C@@H]1CN(c2n[nH]c3cnccc23)C[C@H](C)O1. The lowest BCUT2D eigenvalue weighted by Crippen LogP contribution is -2.45. The summed E-state index contributed by atoms with van der Waals surface area (Å²) in [7, 11) is 0. The molecule has 0 radical (unpaired) electrons. The summed E-state index contributed by atoms with van der Waals surface area (Å²) in [6.07, 6.45) is 4.09. The van der Waals surface area contributed by atoms with Crippen LogP contribution in [0.1, 0.15) is 13.8 Å². The monoisotopic (exact) mass is 232 g/mol. The van der Waals surface area contributed by atoms with Crippen LogP contribution < -0.4 is 4.90 Å². The molecule has 3 heterocycles. The second kappa shape index (κ2) is 4.00. The van der Waals surface area contributed by atoms with Crippen LogP contribution in [0.25, 0.3) is 10.9 Å². The van der Waals surface area contributed by atoms with Gasteiger partial charge in [0.25, 0.3) is 0 Å². The lowest BCUT2D eigenvalue weighted by atomic mass is 10.2. The van der Waals surface area contributed by atoms with Crippen LogP contribution in [0, 0.1) is 0 Å². The number of pyridine rings is 1. The van der Waals surface area contributed by atoms with Gasteiger partial charge in [-0.05, 0) is 19.9 Å². The number of ether oxygens (including phenoxy) is 1. The number of hydrogen-bond donors (Lipinski definition) is 1. The van der Waals surface area contributed by atoms with E-state index >= 15 is 0 Å². The lowest BCUT2D eigenvalue weighted by Gasteiger charge is -2.35. The second-order valence-corrected chi connectivity index (χ2v) is 4.63. The van der Waals surface area contributed by atoms with Gasteiger partial charge in [-0.3, -0.25) is 10.1 Å². The third-order valence-corrected chi connectivity index (χ3v) is 3.06. The van der Waals surface area contributed by atoms with Crippen LogP contribution in [0.5, 0.6) is 0 Å². The van der Waals surface area contributed by atoms with Gasteiger partial charge in [0.05, 0.1) is 23.9 Å². The number of H-pyrrole nitrogens is 1. The highest BCUT2D eigenvalue weighted by molar-refractivity contribution is 5.89. The largest absolute Gasteiger partial charge is 0.372 e.